The lowest BCUT2D eigenvalue weighted by Crippen LogP contribution is -2.41. The van der Waals surface area contributed by atoms with Crippen molar-refractivity contribution in [2.45, 2.75) is 0 Å². The summed E-state index contributed by atoms with van der Waals surface area (Å²) in [4.78, 5) is 37.8. The highest BCUT2D eigenvalue weighted by Gasteiger charge is 2.20. The van der Waals surface area contributed by atoms with Crippen molar-refractivity contribution in [1.82, 2.24) is 9.88 Å². The number of halogens is 1. The van der Waals surface area contributed by atoms with Crippen LogP contribution < -0.4 is 5.73 Å². The number of carbonyl (C=O) groups is 3. The number of rotatable bonds is 5. The van der Waals surface area contributed by atoms with E-state index in [1.165, 1.54) is 18.3 Å². The van der Waals surface area contributed by atoms with Gasteiger partial charge in [0.1, 0.15) is 18.2 Å². The van der Waals surface area contributed by atoms with Crippen LogP contribution in [0.4, 0.5) is 0 Å². The Hall–Kier alpha value is -2.15. The summed E-state index contributed by atoms with van der Waals surface area (Å²) in [6, 6.07) is 2.77. The molecule has 8 heteroatoms. The van der Waals surface area contributed by atoms with Crippen LogP contribution in [0.25, 0.3) is 0 Å². The second-order valence-electron chi connectivity index (χ2n) is 3.39. The minimum absolute atomic E-state index is 0.127. The number of carboxylic acids is 1. The average Bonchev–Trinajstić information content (AvgIpc) is 2.27. The molecule has 3 N–H and O–H groups in total. The predicted octanol–water partition coefficient (Wildman–Crippen LogP) is -0.253. The van der Waals surface area contributed by atoms with Gasteiger partial charge in [-0.25, -0.2) is 4.98 Å². The number of aromatic nitrogens is 1. The fourth-order valence-corrected chi connectivity index (χ4v) is 1.35. The first-order valence-electron chi connectivity index (χ1n) is 4.81. The summed E-state index contributed by atoms with van der Waals surface area (Å²) in [6.45, 7) is -1.10. The standard InChI is InChI=1S/C10H10ClN3O4/c11-7-2-1-6(3-13-7)10(18)14(4-8(12)15)5-9(16)17/h1-3H,4-5H2,(H2,12,15)(H,16,17). The molecule has 96 valence electrons. The van der Waals surface area contributed by atoms with Crippen molar-refractivity contribution in [2.75, 3.05) is 13.1 Å². The highest BCUT2D eigenvalue weighted by Crippen LogP contribution is 2.08. The molecule has 1 aromatic rings. The van der Waals surface area contributed by atoms with Gasteiger partial charge in [0.15, 0.2) is 0 Å². The summed E-state index contributed by atoms with van der Waals surface area (Å²) in [5.74, 6) is -2.70. The first kappa shape index (κ1) is 13.9. The van der Waals surface area contributed by atoms with Crippen LogP contribution in [0.2, 0.25) is 5.15 Å². The zero-order valence-electron chi connectivity index (χ0n) is 9.17. The molecule has 1 heterocycles. The van der Waals surface area contributed by atoms with Crippen molar-refractivity contribution in [3.63, 3.8) is 0 Å². The molecule has 0 bridgehead atoms. The third-order valence-electron chi connectivity index (χ3n) is 1.93. The third kappa shape index (κ3) is 4.02. The summed E-state index contributed by atoms with van der Waals surface area (Å²) >= 11 is 5.56. The van der Waals surface area contributed by atoms with E-state index in [1.807, 2.05) is 0 Å². The Bertz CT molecular complexity index is 459. The smallest absolute Gasteiger partial charge is 0.323 e. The summed E-state index contributed by atoms with van der Waals surface area (Å²) < 4.78 is 0. The number of carboxylic acid groups (broad SMARTS) is 1. The molecule has 0 aliphatic heterocycles. The van der Waals surface area contributed by atoms with E-state index in [1.54, 1.807) is 0 Å². The highest BCUT2D eigenvalue weighted by molar-refractivity contribution is 6.29. The molecule has 0 unspecified atom stereocenters. The van der Waals surface area contributed by atoms with Gasteiger partial charge in [0, 0.05) is 6.20 Å². The van der Waals surface area contributed by atoms with Gasteiger partial charge in [-0.1, -0.05) is 11.6 Å². The van der Waals surface area contributed by atoms with Crippen molar-refractivity contribution in [1.29, 1.82) is 0 Å². The summed E-state index contributed by atoms with van der Waals surface area (Å²) in [5, 5.41) is 8.85. The van der Waals surface area contributed by atoms with E-state index < -0.39 is 30.9 Å². The van der Waals surface area contributed by atoms with Crippen LogP contribution in [0.15, 0.2) is 18.3 Å². The van der Waals surface area contributed by atoms with Crippen LogP contribution in [-0.4, -0.2) is 45.9 Å². The minimum atomic E-state index is -1.24. The minimum Gasteiger partial charge on any atom is -0.480 e. The lowest BCUT2D eigenvalue weighted by Gasteiger charge is -2.18. The SMILES string of the molecule is NC(=O)CN(CC(=O)O)C(=O)c1ccc(Cl)nc1. The molecule has 0 radical (unpaired) electrons. The van der Waals surface area contributed by atoms with Crippen molar-refractivity contribution in [3.05, 3.63) is 29.0 Å². The van der Waals surface area contributed by atoms with E-state index in [4.69, 9.17) is 22.4 Å². The molecule has 0 atom stereocenters. The molecule has 0 fully saturated rings. The second kappa shape index (κ2) is 5.97. The van der Waals surface area contributed by atoms with Crippen LogP contribution >= 0.6 is 11.6 Å². The fraction of sp³-hybridized carbons (Fsp3) is 0.200. The number of nitrogens with two attached hydrogens (primary N) is 1. The molecule has 2 amide bonds. The van der Waals surface area contributed by atoms with Crippen LogP contribution in [0.5, 0.6) is 0 Å². The van der Waals surface area contributed by atoms with E-state index in [2.05, 4.69) is 4.98 Å². The molecule has 0 aliphatic carbocycles. The molecular formula is C10H10ClN3O4. The van der Waals surface area contributed by atoms with Gasteiger partial charge >= 0.3 is 5.97 Å². The topological polar surface area (TPSA) is 114 Å². The van der Waals surface area contributed by atoms with E-state index in [0.29, 0.717) is 0 Å². The Labute approximate surface area is 107 Å². The fourth-order valence-electron chi connectivity index (χ4n) is 1.24. The van der Waals surface area contributed by atoms with Gasteiger partial charge in [0.05, 0.1) is 5.56 Å². The molecule has 7 nitrogen and oxygen atoms in total. The van der Waals surface area contributed by atoms with E-state index in [0.717, 1.165) is 4.90 Å². The first-order chi connectivity index (χ1) is 8.40. The molecule has 0 saturated carbocycles. The molecule has 0 aliphatic rings. The first-order valence-corrected chi connectivity index (χ1v) is 5.19. The zero-order valence-corrected chi connectivity index (χ0v) is 9.92. The highest BCUT2D eigenvalue weighted by atomic mass is 35.5. The van der Waals surface area contributed by atoms with Crippen molar-refractivity contribution < 1.29 is 19.5 Å². The van der Waals surface area contributed by atoms with Gasteiger partial charge < -0.3 is 15.7 Å². The Balaban J connectivity index is 2.90. The molecule has 1 aromatic heterocycles. The number of pyridine rings is 1. The van der Waals surface area contributed by atoms with Crippen molar-refractivity contribution in [2.24, 2.45) is 5.73 Å². The number of nitrogens with zero attached hydrogens (tertiary/aromatic N) is 2. The second-order valence-corrected chi connectivity index (χ2v) is 3.78. The van der Waals surface area contributed by atoms with Crippen LogP contribution in [0, 0.1) is 0 Å². The van der Waals surface area contributed by atoms with E-state index in [9.17, 15) is 14.4 Å². The van der Waals surface area contributed by atoms with Gasteiger partial charge in [0.2, 0.25) is 5.91 Å². The molecule has 18 heavy (non-hydrogen) atoms. The quantitative estimate of drug-likeness (QED) is 0.717. The van der Waals surface area contributed by atoms with E-state index in [-0.39, 0.29) is 10.7 Å². The van der Waals surface area contributed by atoms with Gasteiger partial charge in [-0.3, -0.25) is 14.4 Å². The maximum atomic E-state index is 11.9. The average molecular weight is 272 g/mol. The normalized spacial score (nSPS) is 9.83. The number of primary amides is 1. The molecule has 1 rings (SSSR count). The van der Waals surface area contributed by atoms with Crippen molar-refractivity contribution in [3.8, 4) is 0 Å². The summed E-state index contributed by atoms with van der Waals surface area (Å²) in [6.07, 6.45) is 1.19. The number of carbonyl (C=O) groups excluding carboxylic acids is 2. The Morgan fingerprint density at radius 3 is 2.44 bits per heavy atom. The number of hydrogen-bond donors (Lipinski definition) is 2. The largest absolute Gasteiger partial charge is 0.480 e. The zero-order chi connectivity index (χ0) is 13.7. The molecule has 0 aromatic carbocycles. The molecular weight excluding hydrogens is 262 g/mol. The van der Waals surface area contributed by atoms with Gasteiger partial charge in [-0.05, 0) is 12.1 Å². The molecule has 0 spiro atoms. The monoisotopic (exact) mass is 271 g/mol. The summed E-state index contributed by atoms with van der Waals surface area (Å²) in [7, 11) is 0. The Morgan fingerprint density at radius 2 is 2.00 bits per heavy atom. The number of amides is 2. The van der Waals surface area contributed by atoms with Crippen LogP contribution in [-0.2, 0) is 9.59 Å². The third-order valence-corrected chi connectivity index (χ3v) is 2.16. The van der Waals surface area contributed by atoms with Gasteiger partial charge in [0.25, 0.3) is 5.91 Å². The van der Waals surface area contributed by atoms with Gasteiger partial charge in [-0.15, -0.1) is 0 Å². The lowest BCUT2D eigenvalue weighted by atomic mass is 10.2. The maximum absolute atomic E-state index is 11.9. The maximum Gasteiger partial charge on any atom is 0.323 e. The summed E-state index contributed by atoms with van der Waals surface area (Å²) in [5.41, 5.74) is 5.07. The van der Waals surface area contributed by atoms with Gasteiger partial charge in [-0.2, -0.15) is 0 Å². The van der Waals surface area contributed by atoms with Crippen molar-refractivity contribution >= 4 is 29.4 Å². The Kier molecular flexibility index (Phi) is 4.61. The lowest BCUT2D eigenvalue weighted by molar-refractivity contribution is -0.138. The number of aliphatic carboxylic acids is 1. The number of hydrogen-bond acceptors (Lipinski definition) is 4. The molecule has 0 saturated heterocycles. The predicted molar refractivity (Wildman–Crippen MR) is 62.0 cm³/mol. The van der Waals surface area contributed by atoms with Crippen LogP contribution in [0.3, 0.4) is 0 Å². The van der Waals surface area contributed by atoms with Crippen LogP contribution in [0.1, 0.15) is 10.4 Å². The Morgan fingerprint density at radius 1 is 1.33 bits per heavy atom. The van der Waals surface area contributed by atoms with E-state index >= 15 is 0 Å².